The molecule has 0 aliphatic carbocycles. The van der Waals surface area contributed by atoms with Crippen LogP contribution in [0, 0.1) is 5.82 Å². The minimum Gasteiger partial charge on any atom is -0.382 e. The minimum atomic E-state index is -4.85. The van der Waals surface area contributed by atoms with Crippen molar-refractivity contribution < 1.29 is 32.3 Å². The van der Waals surface area contributed by atoms with Gasteiger partial charge in [-0.25, -0.2) is 14.2 Å². The topological polar surface area (TPSA) is 110 Å². The van der Waals surface area contributed by atoms with Crippen molar-refractivity contribution in [3.63, 3.8) is 0 Å². The van der Waals surface area contributed by atoms with E-state index in [-0.39, 0.29) is 11.9 Å². The molecule has 3 amide bonds. The Hall–Kier alpha value is -3.35. The Balaban J connectivity index is 1.48. The summed E-state index contributed by atoms with van der Waals surface area (Å²) in [6.07, 6.45) is -2.79. The van der Waals surface area contributed by atoms with Crippen LogP contribution >= 0.6 is 0 Å². The quantitative estimate of drug-likeness (QED) is 0.501. The van der Waals surface area contributed by atoms with E-state index in [1.54, 1.807) is 6.08 Å². The third kappa shape index (κ3) is 4.33. The molecule has 0 radical (unpaired) electrons. The highest BCUT2D eigenvalue weighted by molar-refractivity contribution is 5.91. The van der Waals surface area contributed by atoms with E-state index in [9.17, 15) is 27.2 Å². The normalized spacial score (nSPS) is 22.9. The van der Waals surface area contributed by atoms with Gasteiger partial charge in [0.05, 0.1) is 24.5 Å². The lowest BCUT2D eigenvalue weighted by atomic mass is 10.1. The Morgan fingerprint density at radius 3 is 2.81 bits per heavy atom. The van der Waals surface area contributed by atoms with Crippen LogP contribution in [0.1, 0.15) is 6.42 Å². The number of pyridine rings is 1. The molecule has 1 fully saturated rings. The molecule has 3 aliphatic heterocycles. The molecule has 2 bridgehead atoms. The SMILES string of the molecule is O=C(NC[C@H](O)C(F)(F)F)C1C=CC2=C(N1)N(C(=O)Nc1ccc(F)cn1)[C@H]1CCN2C1. The highest BCUT2D eigenvalue weighted by Gasteiger charge is 2.43. The van der Waals surface area contributed by atoms with Crippen molar-refractivity contribution in [3.05, 3.63) is 47.8 Å². The van der Waals surface area contributed by atoms with E-state index in [2.05, 4.69) is 20.9 Å². The van der Waals surface area contributed by atoms with Gasteiger partial charge in [-0.05, 0) is 24.6 Å². The number of carbonyl (C=O) groups is 2. The fraction of sp³-hybridized carbons (Fsp3) is 0.421. The molecule has 4 rings (SSSR count). The number of dihydropyridines is 1. The number of rotatable bonds is 4. The third-order valence-electron chi connectivity index (χ3n) is 5.40. The summed E-state index contributed by atoms with van der Waals surface area (Å²) in [6.45, 7) is 0.266. The predicted molar refractivity (Wildman–Crippen MR) is 103 cm³/mol. The molecule has 0 spiro atoms. The van der Waals surface area contributed by atoms with Gasteiger partial charge in [0.25, 0.3) is 0 Å². The molecule has 172 valence electrons. The average Bonchev–Trinajstić information content (AvgIpc) is 3.16. The second-order valence-corrected chi connectivity index (χ2v) is 7.57. The van der Waals surface area contributed by atoms with E-state index < -0.39 is 42.6 Å². The number of nitrogens with zero attached hydrogens (tertiary/aromatic N) is 3. The smallest absolute Gasteiger partial charge is 0.382 e. The second-order valence-electron chi connectivity index (χ2n) is 7.57. The number of aliphatic hydroxyl groups excluding tert-OH is 1. The number of nitrogens with one attached hydrogen (secondary N) is 3. The number of aliphatic hydroxyl groups is 1. The van der Waals surface area contributed by atoms with Crippen LogP contribution in [0.5, 0.6) is 0 Å². The second kappa shape index (κ2) is 8.30. The zero-order valence-electron chi connectivity index (χ0n) is 16.6. The molecule has 1 unspecified atom stereocenters. The van der Waals surface area contributed by atoms with Crippen molar-refractivity contribution in [3.8, 4) is 0 Å². The monoisotopic (exact) mass is 456 g/mol. The maximum atomic E-state index is 13.1. The van der Waals surface area contributed by atoms with Crippen molar-refractivity contribution in [1.29, 1.82) is 0 Å². The molecular formula is C19H20F4N6O3. The highest BCUT2D eigenvalue weighted by atomic mass is 19.4. The number of fused-ring (bicyclic) bond motifs is 3. The Morgan fingerprint density at radius 2 is 2.12 bits per heavy atom. The summed E-state index contributed by atoms with van der Waals surface area (Å²) < 4.78 is 50.5. The molecule has 13 heteroatoms. The van der Waals surface area contributed by atoms with E-state index in [0.29, 0.717) is 31.0 Å². The molecule has 0 aromatic carbocycles. The lowest BCUT2D eigenvalue weighted by molar-refractivity contribution is -0.201. The van der Waals surface area contributed by atoms with E-state index in [1.807, 2.05) is 4.90 Å². The molecule has 0 saturated carbocycles. The first-order chi connectivity index (χ1) is 15.1. The molecule has 32 heavy (non-hydrogen) atoms. The molecule has 3 aliphatic rings. The van der Waals surface area contributed by atoms with Crippen LogP contribution in [-0.4, -0.2) is 75.8 Å². The van der Waals surface area contributed by atoms with Gasteiger partial charge < -0.3 is 20.6 Å². The number of carbonyl (C=O) groups excluding carboxylic acids is 2. The van der Waals surface area contributed by atoms with Gasteiger partial charge in [-0.1, -0.05) is 6.08 Å². The maximum Gasteiger partial charge on any atom is 0.416 e. The van der Waals surface area contributed by atoms with E-state index in [1.165, 1.54) is 17.0 Å². The molecular weight excluding hydrogens is 436 g/mol. The lowest BCUT2D eigenvalue weighted by Gasteiger charge is -2.40. The fourth-order valence-electron chi connectivity index (χ4n) is 3.80. The summed E-state index contributed by atoms with van der Waals surface area (Å²) in [5.74, 6) is -0.872. The van der Waals surface area contributed by atoms with Crippen LogP contribution in [0.25, 0.3) is 0 Å². The van der Waals surface area contributed by atoms with Gasteiger partial charge in [-0.2, -0.15) is 13.2 Å². The number of halogens is 4. The van der Waals surface area contributed by atoms with Crippen molar-refractivity contribution in [1.82, 2.24) is 25.4 Å². The Bertz CT molecular complexity index is 965. The van der Waals surface area contributed by atoms with Crippen LogP contribution in [0.15, 0.2) is 42.0 Å². The van der Waals surface area contributed by atoms with Crippen LogP contribution in [0.4, 0.5) is 28.2 Å². The maximum absolute atomic E-state index is 13.1. The number of hydrogen-bond donors (Lipinski definition) is 4. The number of allylic oxidation sites excluding steroid dienone is 1. The first kappa shape index (κ1) is 21.9. The summed E-state index contributed by atoms with van der Waals surface area (Å²) in [4.78, 5) is 32.7. The summed E-state index contributed by atoms with van der Waals surface area (Å²) in [7, 11) is 0. The van der Waals surface area contributed by atoms with Gasteiger partial charge in [-0.15, -0.1) is 0 Å². The van der Waals surface area contributed by atoms with Gasteiger partial charge in [0.15, 0.2) is 6.10 Å². The molecule has 9 nitrogen and oxygen atoms in total. The first-order valence-corrected chi connectivity index (χ1v) is 9.81. The number of urea groups is 1. The van der Waals surface area contributed by atoms with Crippen LogP contribution in [0.2, 0.25) is 0 Å². The average molecular weight is 456 g/mol. The molecule has 1 aromatic heterocycles. The van der Waals surface area contributed by atoms with Crippen molar-refractivity contribution >= 4 is 17.8 Å². The fourth-order valence-corrected chi connectivity index (χ4v) is 3.80. The summed E-state index contributed by atoms with van der Waals surface area (Å²) in [6, 6.07) is 0.663. The predicted octanol–water partition coefficient (Wildman–Crippen LogP) is 0.879. The zero-order valence-corrected chi connectivity index (χ0v) is 16.6. The van der Waals surface area contributed by atoms with E-state index in [0.717, 1.165) is 12.3 Å². The summed E-state index contributed by atoms with van der Waals surface area (Å²) in [5, 5.41) is 16.6. The standard InChI is InChI=1S/C19H20F4N6O3/c20-10-1-4-15(24-7-10)27-18(32)29-11-5-6-28(9-11)13-3-2-12(26-16(13)29)17(31)25-8-14(30)19(21,22)23/h1-4,7,11-12,14,26,30H,5-6,8-9H2,(H,25,31)(H,24,27,32)/t11-,12?,14-/m0/s1. The number of alkyl halides is 3. The number of anilines is 1. The Morgan fingerprint density at radius 1 is 1.34 bits per heavy atom. The molecule has 1 aromatic rings. The van der Waals surface area contributed by atoms with E-state index >= 15 is 0 Å². The number of hydrogen-bond acceptors (Lipinski definition) is 6. The Kier molecular flexibility index (Phi) is 5.67. The lowest BCUT2D eigenvalue weighted by Crippen LogP contribution is -2.56. The van der Waals surface area contributed by atoms with Gasteiger partial charge in [0.1, 0.15) is 23.5 Å². The van der Waals surface area contributed by atoms with Crippen LogP contribution in [0.3, 0.4) is 0 Å². The van der Waals surface area contributed by atoms with E-state index in [4.69, 9.17) is 5.11 Å². The number of amides is 3. The van der Waals surface area contributed by atoms with Crippen molar-refractivity contribution in [2.45, 2.75) is 30.8 Å². The van der Waals surface area contributed by atoms with Crippen molar-refractivity contribution in [2.75, 3.05) is 25.0 Å². The Labute approximate surface area is 179 Å². The molecule has 1 saturated heterocycles. The van der Waals surface area contributed by atoms with Gasteiger partial charge in [0, 0.05) is 13.1 Å². The van der Waals surface area contributed by atoms with Crippen LogP contribution in [-0.2, 0) is 4.79 Å². The van der Waals surface area contributed by atoms with Gasteiger partial charge in [0.2, 0.25) is 5.91 Å². The van der Waals surface area contributed by atoms with Crippen molar-refractivity contribution in [2.24, 2.45) is 0 Å². The first-order valence-electron chi connectivity index (χ1n) is 9.81. The number of aromatic nitrogens is 1. The van der Waals surface area contributed by atoms with Gasteiger partial charge >= 0.3 is 12.2 Å². The zero-order chi connectivity index (χ0) is 23.0. The minimum absolute atomic E-state index is 0.140. The summed E-state index contributed by atoms with van der Waals surface area (Å²) in [5.41, 5.74) is 0.667. The molecule has 3 atom stereocenters. The summed E-state index contributed by atoms with van der Waals surface area (Å²) >= 11 is 0. The largest absolute Gasteiger partial charge is 0.416 e. The molecule has 4 heterocycles. The molecule has 4 N–H and O–H groups in total. The van der Waals surface area contributed by atoms with Gasteiger partial charge in [-0.3, -0.25) is 15.0 Å². The van der Waals surface area contributed by atoms with Crippen LogP contribution < -0.4 is 16.0 Å². The highest BCUT2D eigenvalue weighted by Crippen LogP contribution is 2.33. The third-order valence-corrected chi connectivity index (χ3v) is 5.40.